The molecule has 0 atom stereocenters. The van der Waals surface area contributed by atoms with Crippen molar-refractivity contribution in [2.45, 2.75) is 52.0 Å². The number of amides is 1. The summed E-state index contributed by atoms with van der Waals surface area (Å²) in [6.45, 7) is 3.90. The smallest absolute Gasteiger partial charge is 0.244 e. The first-order chi connectivity index (χ1) is 6.60. The molecule has 1 spiro atoms. The van der Waals surface area contributed by atoms with Gasteiger partial charge in [0.15, 0.2) is 0 Å². The maximum absolute atomic E-state index is 11.4. The third kappa shape index (κ3) is 1.84. The molecule has 1 N–H and O–H groups in total. The second-order valence-electron chi connectivity index (χ2n) is 5.19. The third-order valence-electron chi connectivity index (χ3n) is 3.54. The van der Waals surface area contributed by atoms with Crippen LogP contribution in [0, 0.1) is 5.41 Å². The van der Waals surface area contributed by atoms with Crippen molar-refractivity contribution in [1.82, 2.24) is 5.32 Å². The lowest BCUT2D eigenvalue weighted by Gasteiger charge is -2.54. The first-order valence-corrected chi connectivity index (χ1v) is 5.55. The highest BCUT2D eigenvalue weighted by atomic mass is 16.1. The van der Waals surface area contributed by atoms with Crippen molar-refractivity contribution in [2.75, 3.05) is 0 Å². The maximum Gasteiger partial charge on any atom is 0.244 e. The van der Waals surface area contributed by atoms with Crippen molar-refractivity contribution in [3.05, 3.63) is 11.6 Å². The van der Waals surface area contributed by atoms with Crippen LogP contribution in [0.2, 0.25) is 0 Å². The van der Waals surface area contributed by atoms with Crippen LogP contribution in [-0.2, 0) is 4.79 Å². The van der Waals surface area contributed by atoms with E-state index in [1.54, 1.807) is 6.08 Å². The minimum absolute atomic E-state index is 0.0872. The van der Waals surface area contributed by atoms with Crippen molar-refractivity contribution in [3.8, 4) is 0 Å². The van der Waals surface area contributed by atoms with Gasteiger partial charge in [0, 0.05) is 12.1 Å². The van der Waals surface area contributed by atoms with Crippen molar-refractivity contribution < 1.29 is 4.79 Å². The summed E-state index contributed by atoms with van der Waals surface area (Å²) >= 11 is 0. The molecule has 78 valence electrons. The second-order valence-corrected chi connectivity index (χ2v) is 5.19. The summed E-state index contributed by atoms with van der Waals surface area (Å²) in [4.78, 5) is 11.4. The quantitative estimate of drug-likeness (QED) is 0.670. The van der Waals surface area contributed by atoms with Gasteiger partial charge in [-0.3, -0.25) is 4.79 Å². The zero-order valence-corrected chi connectivity index (χ0v) is 9.10. The highest BCUT2D eigenvalue weighted by Crippen LogP contribution is 2.55. The van der Waals surface area contributed by atoms with Crippen LogP contribution in [-0.4, -0.2) is 11.9 Å². The summed E-state index contributed by atoms with van der Waals surface area (Å²) < 4.78 is 0. The normalized spacial score (nSPS) is 23.6. The number of carbonyl (C=O) groups excluding carboxylic acids is 1. The van der Waals surface area contributed by atoms with Gasteiger partial charge in [0.2, 0.25) is 5.91 Å². The first-order valence-electron chi connectivity index (χ1n) is 5.55. The van der Waals surface area contributed by atoms with Crippen LogP contribution < -0.4 is 5.32 Å². The van der Waals surface area contributed by atoms with Gasteiger partial charge in [-0.15, -0.1) is 0 Å². The fourth-order valence-corrected chi connectivity index (χ4v) is 2.68. The van der Waals surface area contributed by atoms with E-state index in [9.17, 15) is 4.79 Å². The Labute approximate surface area is 85.8 Å². The zero-order chi connectivity index (χ0) is 10.2. The molecule has 2 heteroatoms. The molecule has 0 radical (unpaired) electrons. The summed E-state index contributed by atoms with van der Waals surface area (Å²) in [7, 11) is 0. The zero-order valence-electron chi connectivity index (χ0n) is 9.10. The predicted octanol–water partition coefficient (Wildman–Crippen LogP) is 2.40. The molecule has 0 unspecified atom stereocenters. The largest absolute Gasteiger partial charge is 0.350 e. The SMILES string of the molecule is CC(C)=CC(=O)NC1CC2(CCC2)C1. The van der Waals surface area contributed by atoms with E-state index in [1.807, 2.05) is 13.8 Å². The number of rotatable bonds is 2. The standard InChI is InChI=1S/C12H19NO/c1-9(2)6-11(14)13-10-7-12(8-10)4-3-5-12/h6,10H,3-5,7-8H2,1-2H3,(H,13,14). The summed E-state index contributed by atoms with van der Waals surface area (Å²) in [5, 5.41) is 3.06. The van der Waals surface area contributed by atoms with Crippen LogP contribution >= 0.6 is 0 Å². The van der Waals surface area contributed by atoms with Gasteiger partial charge >= 0.3 is 0 Å². The lowest BCUT2D eigenvalue weighted by atomic mass is 9.54. The molecule has 2 fully saturated rings. The number of hydrogen-bond acceptors (Lipinski definition) is 1. The van der Waals surface area contributed by atoms with E-state index >= 15 is 0 Å². The van der Waals surface area contributed by atoms with Gasteiger partial charge in [0.25, 0.3) is 0 Å². The van der Waals surface area contributed by atoms with Crippen molar-refractivity contribution in [1.29, 1.82) is 0 Å². The maximum atomic E-state index is 11.4. The summed E-state index contributed by atoms with van der Waals surface area (Å²) in [5.41, 5.74) is 1.73. The summed E-state index contributed by atoms with van der Waals surface area (Å²) in [6.07, 6.45) is 8.30. The minimum atomic E-state index is 0.0872. The minimum Gasteiger partial charge on any atom is -0.350 e. The van der Waals surface area contributed by atoms with E-state index in [0.29, 0.717) is 11.5 Å². The first kappa shape index (κ1) is 9.75. The molecule has 14 heavy (non-hydrogen) atoms. The molecule has 0 aliphatic heterocycles. The van der Waals surface area contributed by atoms with Crippen LogP contribution in [0.3, 0.4) is 0 Å². The Morgan fingerprint density at radius 1 is 1.36 bits per heavy atom. The fourth-order valence-electron chi connectivity index (χ4n) is 2.68. The van der Waals surface area contributed by atoms with Gasteiger partial charge in [-0.1, -0.05) is 12.0 Å². The molecule has 0 aromatic rings. The Morgan fingerprint density at radius 3 is 2.43 bits per heavy atom. The highest BCUT2D eigenvalue weighted by Gasteiger charge is 2.48. The summed E-state index contributed by atoms with van der Waals surface area (Å²) in [6, 6.07) is 0.457. The average Bonchev–Trinajstić information content (AvgIpc) is 1.89. The molecule has 2 aliphatic carbocycles. The molecule has 0 aromatic heterocycles. The van der Waals surface area contributed by atoms with Crippen LogP contribution in [0.5, 0.6) is 0 Å². The Balaban J connectivity index is 1.73. The molecule has 2 nitrogen and oxygen atoms in total. The number of carbonyl (C=O) groups is 1. The van der Waals surface area contributed by atoms with E-state index in [1.165, 1.54) is 32.1 Å². The van der Waals surface area contributed by atoms with Gasteiger partial charge in [0.05, 0.1) is 0 Å². The lowest BCUT2D eigenvalue weighted by molar-refractivity contribution is -0.119. The Kier molecular flexibility index (Phi) is 2.38. The summed E-state index contributed by atoms with van der Waals surface area (Å²) in [5.74, 6) is 0.0872. The van der Waals surface area contributed by atoms with Gasteiger partial charge < -0.3 is 5.32 Å². The highest BCUT2D eigenvalue weighted by molar-refractivity contribution is 5.88. The predicted molar refractivity (Wildman–Crippen MR) is 56.9 cm³/mol. The van der Waals surface area contributed by atoms with Crippen LogP contribution in [0.25, 0.3) is 0 Å². The third-order valence-corrected chi connectivity index (χ3v) is 3.54. The van der Waals surface area contributed by atoms with Crippen LogP contribution in [0.4, 0.5) is 0 Å². The van der Waals surface area contributed by atoms with Gasteiger partial charge in [-0.25, -0.2) is 0 Å². The molecular formula is C12H19NO. The van der Waals surface area contributed by atoms with E-state index < -0.39 is 0 Å². The van der Waals surface area contributed by atoms with Gasteiger partial charge in [-0.05, 0) is 44.9 Å². The van der Waals surface area contributed by atoms with Crippen LogP contribution in [0.15, 0.2) is 11.6 Å². The number of nitrogens with one attached hydrogen (secondary N) is 1. The molecule has 0 aromatic carbocycles. The molecule has 0 saturated heterocycles. The molecule has 0 bridgehead atoms. The monoisotopic (exact) mass is 193 g/mol. The fraction of sp³-hybridized carbons (Fsp3) is 0.750. The average molecular weight is 193 g/mol. The van der Waals surface area contributed by atoms with Crippen molar-refractivity contribution in [3.63, 3.8) is 0 Å². The Morgan fingerprint density at radius 2 is 2.00 bits per heavy atom. The second kappa shape index (κ2) is 3.41. The molecule has 2 rings (SSSR count). The topological polar surface area (TPSA) is 29.1 Å². The molecule has 2 aliphatic rings. The van der Waals surface area contributed by atoms with E-state index in [2.05, 4.69) is 5.32 Å². The molecule has 2 saturated carbocycles. The van der Waals surface area contributed by atoms with Gasteiger partial charge in [-0.2, -0.15) is 0 Å². The van der Waals surface area contributed by atoms with E-state index in [-0.39, 0.29) is 5.91 Å². The molecular weight excluding hydrogens is 174 g/mol. The van der Waals surface area contributed by atoms with Crippen molar-refractivity contribution in [2.24, 2.45) is 5.41 Å². The Bertz CT molecular complexity index is 264. The van der Waals surface area contributed by atoms with Gasteiger partial charge in [0.1, 0.15) is 0 Å². The molecule has 1 amide bonds. The Hall–Kier alpha value is -0.790. The van der Waals surface area contributed by atoms with Crippen molar-refractivity contribution >= 4 is 5.91 Å². The number of allylic oxidation sites excluding steroid dienone is 1. The van der Waals surface area contributed by atoms with E-state index in [4.69, 9.17) is 0 Å². The lowest BCUT2D eigenvalue weighted by Crippen LogP contribution is -2.53. The number of hydrogen-bond donors (Lipinski definition) is 1. The van der Waals surface area contributed by atoms with Crippen LogP contribution in [0.1, 0.15) is 46.0 Å². The molecule has 0 heterocycles. The van der Waals surface area contributed by atoms with E-state index in [0.717, 1.165) is 5.57 Å².